The molecule has 124 valence electrons. The molecule has 2 unspecified atom stereocenters. The van der Waals surface area contributed by atoms with Gasteiger partial charge < -0.3 is 9.47 Å². The number of hydrogen-bond donors (Lipinski definition) is 0. The summed E-state index contributed by atoms with van der Waals surface area (Å²) in [6, 6.07) is 8.47. The second-order valence-corrected chi connectivity index (χ2v) is 6.56. The van der Waals surface area contributed by atoms with E-state index in [4.69, 9.17) is 9.47 Å². The van der Waals surface area contributed by atoms with Gasteiger partial charge in [0.05, 0.1) is 19.8 Å². The van der Waals surface area contributed by atoms with Crippen molar-refractivity contribution in [2.75, 3.05) is 13.7 Å². The molecule has 2 nitrogen and oxygen atoms in total. The van der Waals surface area contributed by atoms with Gasteiger partial charge in [-0.2, -0.15) is 0 Å². The molecule has 2 atom stereocenters. The first kappa shape index (κ1) is 17.3. The average Bonchev–Trinajstić information content (AvgIpc) is 2.59. The van der Waals surface area contributed by atoms with E-state index in [1.165, 1.54) is 63.4 Å². The van der Waals surface area contributed by atoms with Gasteiger partial charge in [0, 0.05) is 5.92 Å². The summed E-state index contributed by atoms with van der Waals surface area (Å²) >= 11 is 0. The van der Waals surface area contributed by atoms with Crippen LogP contribution in [0.2, 0.25) is 0 Å². The van der Waals surface area contributed by atoms with Crippen LogP contribution in [0.5, 0.6) is 5.75 Å². The molecule has 22 heavy (non-hydrogen) atoms. The van der Waals surface area contributed by atoms with Gasteiger partial charge in [-0.05, 0) is 37.0 Å². The molecule has 1 heterocycles. The van der Waals surface area contributed by atoms with E-state index in [1.807, 2.05) is 0 Å². The van der Waals surface area contributed by atoms with Crippen LogP contribution in [0.4, 0.5) is 0 Å². The minimum atomic E-state index is 0.501. The van der Waals surface area contributed by atoms with E-state index in [9.17, 15) is 0 Å². The van der Waals surface area contributed by atoms with E-state index in [2.05, 4.69) is 31.2 Å². The lowest BCUT2D eigenvalue weighted by Crippen LogP contribution is -2.24. The summed E-state index contributed by atoms with van der Waals surface area (Å²) in [5.74, 6) is 1.49. The second kappa shape index (κ2) is 9.89. The zero-order valence-corrected chi connectivity index (χ0v) is 14.4. The lowest BCUT2D eigenvalue weighted by atomic mass is 9.90. The minimum Gasteiger partial charge on any atom is -0.497 e. The Labute approximate surface area is 136 Å². The summed E-state index contributed by atoms with van der Waals surface area (Å²) in [5, 5.41) is 0. The van der Waals surface area contributed by atoms with Crippen LogP contribution in [0.25, 0.3) is 0 Å². The zero-order valence-electron chi connectivity index (χ0n) is 14.4. The molecule has 2 heteroatoms. The van der Waals surface area contributed by atoms with E-state index in [0.717, 1.165) is 12.4 Å². The smallest absolute Gasteiger partial charge is 0.118 e. The minimum absolute atomic E-state index is 0.501. The molecule has 1 aromatic carbocycles. The highest BCUT2D eigenvalue weighted by Gasteiger charge is 2.22. The lowest BCUT2D eigenvalue weighted by molar-refractivity contribution is -0.00214. The van der Waals surface area contributed by atoms with Gasteiger partial charge >= 0.3 is 0 Å². The Morgan fingerprint density at radius 1 is 1.00 bits per heavy atom. The fraction of sp³-hybridized carbons (Fsp3) is 0.700. The van der Waals surface area contributed by atoms with E-state index >= 15 is 0 Å². The topological polar surface area (TPSA) is 18.5 Å². The monoisotopic (exact) mass is 304 g/mol. The van der Waals surface area contributed by atoms with Gasteiger partial charge in [-0.1, -0.05) is 57.6 Å². The second-order valence-electron chi connectivity index (χ2n) is 6.56. The van der Waals surface area contributed by atoms with Crippen LogP contribution in [0.1, 0.15) is 76.2 Å². The van der Waals surface area contributed by atoms with Crippen LogP contribution in [0.3, 0.4) is 0 Å². The number of ether oxygens (including phenoxy) is 2. The summed E-state index contributed by atoms with van der Waals surface area (Å²) in [6.07, 6.45) is 12.5. The normalized spacial score (nSPS) is 21.7. The van der Waals surface area contributed by atoms with Gasteiger partial charge in [-0.25, -0.2) is 0 Å². The van der Waals surface area contributed by atoms with E-state index in [1.54, 1.807) is 7.11 Å². The maximum absolute atomic E-state index is 6.10. The highest BCUT2D eigenvalue weighted by atomic mass is 16.5. The van der Waals surface area contributed by atoms with Crippen molar-refractivity contribution < 1.29 is 9.47 Å². The summed E-state index contributed by atoms with van der Waals surface area (Å²) in [5.41, 5.74) is 1.39. The molecular formula is C20H32O2. The van der Waals surface area contributed by atoms with Gasteiger partial charge in [0.1, 0.15) is 5.75 Å². The molecule has 2 rings (SSSR count). The van der Waals surface area contributed by atoms with Crippen molar-refractivity contribution in [2.45, 2.75) is 76.7 Å². The molecule has 1 aromatic rings. The van der Waals surface area contributed by atoms with Crippen molar-refractivity contribution in [2.24, 2.45) is 0 Å². The van der Waals surface area contributed by atoms with Crippen molar-refractivity contribution in [3.63, 3.8) is 0 Å². The maximum atomic E-state index is 6.10. The van der Waals surface area contributed by atoms with Gasteiger partial charge in [0.25, 0.3) is 0 Å². The molecule has 0 spiro atoms. The molecule has 0 N–H and O–H groups in total. The van der Waals surface area contributed by atoms with Crippen molar-refractivity contribution >= 4 is 0 Å². The first-order valence-corrected chi connectivity index (χ1v) is 9.09. The predicted molar refractivity (Wildman–Crippen MR) is 92.7 cm³/mol. The summed E-state index contributed by atoms with van der Waals surface area (Å²) < 4.78 is 11.3. The molecule has 1 saturated heterocycles. The van der Waals surface area contributed by atoms with Crippen molar-refractivity contribution in [3.05, 3.63) is 29.8 Å². The van der Waals surface area contributed by atoms with Crippen LogP contribution in [-0.2, 0) is 4.74 Å². The fourth-order valence-corrected chi connectivity index (χ4v) is 3.32. The van der Waals surface area contributed by atoms with Crippen molar-refractivity contribution in [1.29, 1.82) is 0 Å². The molecule has 0 aromatic heterocycles. The van der Waals surface area contributed by atoms with E-state index in [0.29, 0.717) is 12.0 Å². The molecule has 0 radical (unpaired) electrons. The Balaban J connectivity index is 1.62. The Bertz CT molecular complexity index is 391. The molecule has 1 aliphatic heterocycles. The van der Waals surface area contributed by atoms with Gasteiger partial charge in [-0.15, -0.1) is 0 Å². The Morgan fingerprint density at radius 2 is 1.73 bits per heavy atom. The molecule has 1 aliphatic rings. The standard InChI is InChI=1S/C20H32O2/c1-3-4-5-6-7-8-9-20-15-12-18(16-22-20)17-10-13-19(21-2)14-11-17/h10-11,13-14,18,20H,3-9,12,15-16H2,1-2H3. The first-order chi connectivity index (χ1) is 10.8. The van der Waals surface area contributed by atoms with Crippen molar-refractivity contribution in [1.82, 2.24) is 0 Å². The quantitative estimate of drug-likeness (QED) is 0.544. The highest BCUT2D eigenvalue weighted by Crippen LogP contribution is 2.30. The van der Waals surface area contributed by atoms with Crippen LogP contribution < -0.4 is 4.74 Å². The summed E-state index contributed by atoms with van der Waals surface area (Å²) in [6.45, 7) is 3.15. The van der Waals surface area contributed by atoms with Crippen LogP contribution in [0.15, 0.2) is 24.3 Å². The number of hydrogen-bond acceptors (Lipinski definition) is 2. The predicted octanol–water partition coefficient (Wildman–Crippen LogP) is 5.71. The average molecular weight is 304 g/mol. The Morgan fingerprint density at radius 3 is 2.36 bits per heavy atom. The Kier molecular flexibility index (Phi) is 7.79. The SMILES string of the molecule is CCCCCCCCC1CCC(c2ccc(OC)cc2)CO1. The van der Waals surface area contributed by atoms with E-state index < -0.39 is 0 Å². The molecule has 0 saturated carbocycles. The van der Waals surface area contributed by atoms with E-state index in [-0.39, 0.29) is 0 Å². The van der Waals surface area contributed by atoms with Crippen molar-refractivity contribution in [3.8, 4) is 5.75 Å². The summed E-state index contributed by atoms with van der Waals surface area (Å²) in [7, 11) is 1.71. The summed E-state index contributed by atoms with van der Waals surface area (Å²) in [4.78, 5) is 0. The van der Waals surface area contributed by atoms with Gasteiger partial charge in [-0.3, -0.25) is 0 Å². The third-order valence-electron chi connectivity index (χ3n) is 4.84. The third-order valence-corrected chi connectivity index (χ3v) is 4.84. The van der Waals surface area contributed by atoms with Gasteiger partial charge in [0.15, 0.2) is 0 Å². The number of methoxy groups -OCH3 is 1. The first-order valence-electron chi connectivity index (χ1n) is 9.09. The lowest BCUT2D eigenvalue weighted by Gasteiger charge is -2.29. The fourth-order valence-electron chi connectivity index (χ4n) is 3.32. The Hall–Kier alpha value is -1.02. The molecular weight excluding hydrogens is 272 g/mol. The van der Waals surface area contributed by atoms with Crippen LogP contribution in [0, 0.1) is 0 Å². The highest BCUT2D eigenvalue weighted by molar-refractivity contribution is 5.29. The van der Waals surface area contributed by atoms with Gasteiger partial charge in [0.2, 0.25) is 0 Å². The largest absolute Gasteiger partial charge is 0.497 e. The molecule has 0 bridgehead atoms. The number of unbranched alkanes of at least 4 members (excludes halogenated alkanes) is 5. The number of rotatable bonds is 9. The maximum Gasteiger partial charge on any atom is 0.118 e. The third kappa shape index (κ3) is 5.64. The number of benzene rings is 1. The van der Waals surface area contributed by atoms with Crippen LogP contribution >= 0.6 is 0 Å². The van der Waals surface area contributed by atoms with Crippen LogP contribution in [-0.4, -0.2) is 19.8 Å². The molecule has 1 fully saturated rings. The molecule has 0 aliphatic carbocycles. The zero-order chi connectivity index (χ0) is 15.6. The molecule has 0 amide bonds.